The number of carbonyl (C=O) groups is 2. The second-order valence-corrected chi connectivity index (χ2v) is 10.7. The molecule has 8 heteroatoms. The van der Waals surface area contributed by atoms with E-state index in [4.69, 9.17) is 26.1 Å². The van der Waals surface area contributed by atoms with Gasteiger partial charge in [-0.2, -0.15) is 0 Å². The van der Waals surface area contributed by atoms with Crippen LogP contribution in [0.4, 0.5) is 0 Å². The van der Waals surface area contributed by atoms with Crippen molar-refractivity contribution in [3.63, 3.8) is 0 Å². The number of amidine groups is 1. The van der Waals surface area contributed by atoms with Crippen LogP contribution >= 0.6 is 23.4 Å². The van der Waals surface area contributed by atoms with Crippen molar-refractivity contribution in [2.45, 2.75) is 39.7 Å². The Morgan fingerprint density at radius 1 is 0.925 bits per heavy atom. The Morgan fingerprint density at radius 2 is 1.62 bits per heavy atom. The average molecular weight is 577 g/mol. The summed E-state index contributed by atoms with van der Waals surface area (Å²) in [5.41, 5.74) is 5.73. The number of nitrogens with one attached hydrogen (secondary N) is 1. The first-order valence-electron chi connectivity index (χ1n) is 13.4. The molecule has 0 fully saturated rings. The molecule has 1 aliphatic heterocycles. The summed E-state index contributed by atoms with van der Waals surface area (Å²) in [6, 6.07) is 22.7. The minimum absolute atomic E-state index is 0.286. The zero-order valence-corrected chi connectivity index (χ0v) is 24.5. The number of allylic oxidation sites excluding steroid dienone is 1. The second-order valence-electron chi connectivity index (χ2n) is 9.22. The van der Waals surface area contributed by atoms with Crippen molar-refractivity contribution in [1.29, 1.82) is 0 Å². The molecule has 0 aliphatic carbocycles. The molecule has 0 radical (unpaired) electrons. The zero-order valence-electron chi connectivity index (χ0n) is 22.9. The third-order valence-electron chi connectivity index (χ3n) is 6.41. The monoisotopic (exact) mass is 576 g/mol. The van der Waals surface area contributed by atoms with Crippen molar-refractivity contribution in [1.82, 2.24) is 5.32 Å². The van der Waals surface area contributed by atoms with Crippen LogP contribution < -0.4 is 5.32 Å². The lowest BCUT2D eigenvalue weighted by atomic mass is 9.94. The van der Waals surface area contributed by atoms with Crippen LogP contribution in [0.2, 0.25) is 5.02 Å². The molecular weight excluding hydrogens is 544 g/mol. The summed E-state index contributed by atoms with van der Waals surface area (Å²) in [4.78, 5) is 30.1. The molecule has 0 saturated carbocycles. The first kappa shape index (κ1) is 29.4. The molecule has 208 valence electrons. The standard InChI is InChI=1S/C32H33ClN2O4S/c1-4-38-30(36)26-10-6-9-25(20-26)23-13-15-24(16-14-23)29-28(31(37)39-5-2)21(3)34-32(35-29)40-19-7-8-22-11-17-27(33)18-12-22/h6,9-18,20,29H,4-5,7-8,19H2,1-3H3,(H,34,35). The first-order chi connectivity index (χ1) is 19.4. The van der Waals surface area contributed by atoms with Crippen molar-refractivity contribution in [2.75, 3.05) is 19.0 Å². The molecule has 0 spiro atoms. The lowest BCUT2D eigenvalue weighted by molar-refractivity contribution is -0.138. The number of hydrogen-bond acceptors (Lipinski definition) is 7. The molecule has 40 heavy (non-hydrogen) atoms. The molecule has 0 amide bonds. The molecule has 1 atom stereocenters. The minimum Gasteiger partial charge on any atom is -0.463 e. The van der Waals surface area contributed by atoms with Crippen LogP contribution in [0.15, 0.2) is 89.1 Å². The van der Waals surface area contributed by atoms with Gasteiger partial charge in [0.1, 0.15) is 6.04 Å². The van der Waals surface area contributed by atoms with E-state index in [-0.39, 0.29) is 18.5 Å². The Kier molecular flexibility index (Phi) is 10.4. The van der Waals surface area contributed by atoms with Crippen LogP contribution in [0.3, 0.4) is 0 Å². The SMILES string of the molecule is CCOC(=O)C1=C(C)NC(SCCCc2ccc(Cl)cc2)=NC1c1ccc(-c2cccc(C(=O)OCC)c2)cc1. The fourth-order valence-corrected chi connectivity index (χ4v) is 5.44. The highest BCUT2D eigenvalue weighted by Crippen LogP contribution is 2.34. The van der Waals surface area contributed by atoms with E-state index in [0.717, 1.165) is 51.2 Å². The zero-order chi connectivity index (χ0) is 28.5. The van der Waals surface area contributed by atoms with Gasteiger partial charge in [0, 0.05) is 16.5 Å². The highest BCUT2D eigenvalue weighted by Gasteiger charge is 2.30. The third-order valence-corrected chi connectivity index (χ3v) is 7.63. The van der Waals surface area contributed by atoms with Gasteiger partial charge in [-0.05, 0) is 80.1 Å². The fourth-order valence-electron chi connectivity index (χ4n) is 4.43. The Balaban J connectivity index is 1.52. The van der Waals surface area contributed by atoms with Gasteiger partial charge in [-0.25, -0.2) is 14.6 Å². The average Bonchev–Trinajstić information content (AvgIpc) is 2.96. The number of esters is 2. The van der Waals surface area contributed by atoms with E-state index in [1.54, 1.807) is 31.7 Å². The molecule has 1 heterocycles. The molecule has 0 aromatic heterocycles. The van der Waals surface area contributed by atoms with E-state index in [9.17, 15) is 9.59 Å². The van der Waals surface area contributed by atoms with Gasteiger partial charge in [0.25, 0.3) is 0 Å². The summed E-state index contributed by atoms with van der Waals surface area (Å²) in [5.74, 6) is 0.154. The smallest absolute Gasteiger partial charge is 0.338 e. The predicted octanol–water partition coefficient (Wildman–Crippen LogP) is 7.39. The second kappa shape index (κ2) is 14.2. The summed E-state index contributed by atoms with van der Waals surface area (Å²) in [5, 5.41) is 4.82. The number of halogens is 1. The Bertz CT molecular complexity index is 1400. The van der Waals surface area contributed by atoms with Gasteiger partial charge >= 0.3 is 11.9 Å². The van der Waals surface area contributed by atoms with Crippen LogP contribution in [-0.2, 0) is 20.7 Å². The number of aryl methyl sites for hydroxylation is 1. The van der Waals surface area contributed by atoms with Gasteiger partial charge in [-0.3, -0.25) is 0 Å². The molecule has 0 bridgehead atoms. The summed E-state index contributed by atoms with van der Waals surface area (Å²) in [7, 11) is 0. The maximum Gasteiger partial charge on any atom is 0.338 e. The summed E-state index contributed by atoms with van der Waals surface area (Å²) in [6.45, 7) is 6.08. The number of hydrogen-bond donors (Lipinski definition) is 1. The van der Waals surface area contributed by atoms with Crippen molar-refractivity contribution in [2.24, 2.45) is 4.99 Å². The topological polar surface area (TPSA) is 77.0 Å². The number of nitrogens with zero attached hydrogens (tertiary/aromatic N) is 1. The number of benzene rings is 3. The maximum absolute atomic E-state index is 12.9. The summed E-state index contributed by atoms with van der Waals surface area (Å²) in [6.07, 6.45) is 1.92. The van der Waals surface area contributed by atoms with E-state index in [0.29, 0.717) is 17.7 Å². The molecule has 0 saturated heterocycles. The van der Waals surface area contributed by atoms with Gasteiger partial charge in [-0.15, -0.1) is 0 Å². The summed E-state index contributed by atoms with van der Waals surface area (Å²) < 4.78 is 10.5. The third kappa shape index (κ3) is 7.55. The normalized spacial score (nSPS) is 14.8. The lowest BCUT2D eigenvalue weighted by Gasteiger charge is -2.26. The van der Waals surface area contributed by atoms with Gasteiger partial charge in [0.15, 0.2) is 5.17 Å². The first-order valence-corrected chi connectivity index (χ1v) is 14.7. The lowest BCUT2D eigenvalue weighted by Crippen LogP contribution is -2.30. The van der Waals surface area contributed by atoms with E-state index in [1.807, 2.05) is 61.5 Å². The number of ether oxygens (including phenoxy) is 2. The quantitative estimate of drug-likeness (QED) is 0.200. The van der Waals surface area contributed by atoms with Crippen molar-refractivity contribution in [3.05, 3.63) is 106 Å². The van der Waals surface area contributed by atoms with Gasteiger partial charge < -0.3 is 14.8 Å². The molecule has 1 unspecified atom stereocenters. The molecule has 3 aromatic carbocycles. The van der Waals surface area contributed by atoms with E-state index < -0.39 is 6.04 Å². The molecule has 6 nitrogen and oxygen atoms in total. The van der Waals surface area contributed by atoms with Crippen molar-refractivity contribution in [3.8, 4) is 11.1 Å². The Morgan fingerprint density at radius 3 is 2.33 bits per heavy atom. The molecule has 1 N–H and O–H groups in total. The van der Waals surface area contributed by atoms with Crippen LogP contribution in [-0.4, -0.2) is 36.1 Å². The maximum atomic E-state index is 12.9. The highest BCUT2D eigenvalue weighted by atomic mass is 35.5. The minimum atomic E-state index is -0.487. The van der Waals surface area contributed by atoms with Crippen LogP contribution in [0, 0.1) is 0 Å². The van der Waals surface area contributed by atoms with Gasteiger partial charge in [0.05, 0.1) is 24.4 Å². The van der Waals surface area contributed by atoms with E-state index in [1.165, 1.54) is 5.56 Å². The van der Waals surface area contributed by atoms with Crippen LogP contribution in [0.25, 0.3) is 11.1 Å². The van der Waals surface area contributed by atoms with Crippen molar-refractivity contribution >= 4 is 40.5 Å². The van der Waals surface area contributed by atoms with E-state index in [2.05, 4.69) is 17.4 Å². The fraction of sp³-hybridized carbons (Fsp3) is 0.281. The molecule has 3 aromatic rings. The van der Waals surface area contributed by atoms with Crippen LogP contribution in [0.1, 0.15) is 54.7 Å². The molecule has 4 rings (SSSR count). The van der Waals surface area contributed by atoms with Crippen molar-refractivity contribution < 1.29 is 19.1 Å². The molecule has 1 aliphatic rings. The summed E-state index contributed by atoms with van der Waals surface area (Å²) >= 11 is 7.63. The van der Waals surface area contributed by atoms with Crippen LogP contribution in [0.5, 0.6) is 0 Å². The van der Waals surface area contributed by atoms with E-state index >= 15 is 0 Å². The predicted molar refractivity (Wildman–Crippen MR) is 163 cm³/mol. The largest absolute Gasteiger partial charge is 0.463 e. The number of aliphatic imine (C=N–C) groups is 1. The Labute approximate surface area is 244 Å². The number of thioether (sulfide) groups is 1. The van der Waals surface area contributed by atoms with Gasteiger partial charge in [-0.1, -0.05) is 71.9 Å². The Hall–Kier alpha value is -3.55. The highest BCUT2D eigenvalue weighted by molar-refractivity contribution is 8.13. The number of rotatable bonds is 10. The molecular formula is C32H33ClN2O4S. The van der Waals surface area contributed by atoms with Gasteiger partial charge in [0.2, 0.25) is 0 Å². The number of carbonyl (C=O) groups excluding carboxylic acids is 2.